The third-order valence-corrected chi connectivity index (χ3v) is 6.40. The van der Waals surface area contributed by atoms with Gasteiger partial charge in [-0.2, -0.15) is 13.2 Å². The van der Waals surface area contributed by atoms with Crippen LogP contribution >= 0.6 is 23.4 Å². The Morgan fingerprint density at radius 2 is 1.89 bits per heavy atom. The molecule has 0 aliphatic rings. The molecule has 1 amide bonds. The predicted molar refractivity (Wildman–Crippen MR) is 131 cm³/mol. The molecule has 0 spiro atoms. The van der Waals surface area contributed by atoms with E-state index >= 15 is 0 Å². The summed E-state index contributed by atoms with van der Waals surface area (Å²) >= 11 is 7.39. The molecule has 0 radical (unpaired) electrons. The minimum Gasteiger partial charge on any atom is -0.507 e. The number of carbonyl (C=O) groups is 1. The van der Waals surface area contributed by atoms with Gasteiger partial charge in [0.1, 0.15) is 11.4 Å². The first-order valence-electron chi connectivity index (χ1n) is 10.8. The van der Waals surface area contributed by atoms with Crippen molar-refractivity contribution in [1.29, 1.82) is 0 Å². The highest BCUT2D eigenvalue weighted by atomic mass is 35.5. The second kappa shape index (κ2) is 11.6. The Balaban J connectivity index is 2.17. The number of phenolic OH excluding ortho intramolecular Hbond substituents is 1. The fraction of sp³-hybridized carbons (Fsp3) is 0.400. The Bertz CT molecular complexity index is 1060. The van der Waals surface area contributed by atoms with Gasteiger partial charge in [0.05, 0.1) is 22.6 Å². The molecule has 192 valence electrons. The molecule has 0 saturated carbocycles. The Kier molecular flexibility index (Phi) is 9.56. The number of hydrogen-bond acceptors (Lipinski definition) is 5. The smallest absolute Gasteiger partial charge is 0.416 e. The molecule has 0 saturated heterocycles. The number of aryl methyl sites for hydroxylation is 1. The van der Waals surface area contributed by atoms with Crippen molar-refractivity contribution in [2.24, 2.45) is 0 Å². The second-order valence-electron chi connectivity index (χ2n) is 9.09. The molecule has 10 heteroatoms. The van der Waals surface area contributed by atoms with Crippen molar-refractivity contribution in [2.75, 3.05) is 6.61 Å². The van der Waals surface area contributed by atoms with Gasteiger partial charge in [-0.1, -0.05) is 35.5 Å². The summed E-state index contributed by atoms with van der Waals surface area (Å²) < 4.78 is 44.3. The predicted octanol–water partition coefficient (Wildman–Crippen LogP) is 6.98. The van der Waals surface area contributed by atoms with E-state index in [9.17, 15) is 28.2 Å². The van der Waals surface area contributed by atoms with Gasteiger partial charge in [-0.15, -0.1) is 6.58 Å². The van der Waals surface area contributed by atoms with Crippen LogP contribution in [0.5, 0.6) is 5.75 Å². The average molecular weight is 532 g/mol. The van der Waals surface area contributed by atoms with Crippen LogP contribution in [0.2, 0.25) is 5.02 Å². The van der Waals surface area contributed by atoms with Gasteiger partial charge in [0, 0.05) is 9.92 Å². The lowest BCUT2D eigenvalue weighted by Crippen LogP contribution is -2.52. The number of rotatable bonds is 9. The molecule has 1 atom stereocenters. The van der Waals surface area contributed by atoms with Crippen LogP contribution in [0.1, 0.15) is 44.7 Å². The molecule has 35 heavy (non-hydrogen) atoms. The lowest BCUT2D eigenvalue weighted by molar-refractivity contribution is -0.137. The van der Waals surface area contributed by atoms with Crippen molar-refractivity contribution in [3.8, 4) is 5.75 Å². The maximum Gasteiger partial charge on any atom is 0.416 e. The highest BCUT2D eigenvalue weighted by molar-refractivity contribution is 7.99. The largest absolute Gasteiger partial charge is 0.507 e. The minimum atomic E-state index is -4.53. The van der Waals surface area contributed by atoms with Gasteiger partial charge in [-0.3, -0.25) is 0 Å². The first-order chi connectivity index (χ1) is 16.2. The quantitative estimate of drug-likeness (QED) is 0.304. The molecule has 2 aromatic rings. The van der Waals surface area contributed by atoms with Gasteiger partial charge in [0.25, 0.3) is 0 Å². The van der Waals surface area contributed by atoms with Gasteiger partial charge < -0.3 is 20.3 Å². The number of carbonyl (C=O) groups excluding carboxylic acids is 1. The fourth-order valence-corrected chi connectivity index (χ4v) is 4.53. The van der Waals surface area contributed by atoms with Crippen molar-refractivity contribution < 1.29 is 32.9 Å². The topological polar surface area (TPSA) is 78.8 Å². The van der Waals surface area contributed by atoms with Crippen LogP contribution in [0.3, 0.4) is 0 Å². The summed E-state index contributed by atoms with van der Waals surface area (Å²) in [7, 11) is 0. The fourth-order valence-electron chi connectivity index (χ4n) is 3.26. The molecule has 2 rings (SSSR count). The number of amides is 1. The number of nitrogens with one attached hydrogen (secondary N) is 1. The number of phenols is 1. The monoisotopic (exact) mass is 531 g/mol. The standard InChI is InChI=1S/C25H29ClF3NO4S/c1-5-11-24(15-31,30-22(33)34-23(2,3)4)12-10-16-6-8-18(14-19(16)26)35-21-13-17(25(27,28)29)7-9-20(21)32/h5-9,13-14,31-32H,1,10-12,15H2,2-4H3,(H,30,33)/t24-/m0/s1. The zero-order chi connectivity index (χ0) is 26.4. The number of aliphatic hydroxyl groups is 1. The molecule has 0 unspecified atom stereocenters. The highest BCUT2D eigenvalue weighted by Crippen LogP contribution is 2.40. The molecule has 2 aromatic carbocycles. The number of benzene rings is 2. The first kappa shape index (κ1) is 28.9. The second-order valence-corrected chi connectivity index (χ2v) is 10.6. The van der Waals surface area contributed by atoms with E-state index in [0.717, 1.165) is 35.5 Å². The van der Waals surface area contributed by atoms with E-state index in [4.69, 9.17) is 16.3 Å². The summed E-state index contributed by atoms with van der Waals surface area (Å²) in [5, 5.41) is 23.2. The molecule has 0 bridgehead atoms. The van der Waals surface area contributed by atoms with E-state index in [1.165, 1.54) is 0 Å². The number of alkyl halides is 3. The Morgan fingerprint density at radius 1 is 1.20 bits per heavy atom. The molecule has 0 aliphatic carbocycles. The van der Waals surface area contributed by atoms with Crippen molar-refractivity contribution in [3.63, 3.8) is 0 Å². The summed E-state index contributed by atoms with van der Waals surface area (Å²) in [6.07, 6.45) is -2.58. The van der Waals surface area contributed by atoms with Gasteiger partial charge >= 0.3 is 12.3 Å². The van der Waals surface area contributed by atoms with Gasteiger partial charge in [-0.05, 0) is 75.9 Å². The minimum absolute atomic E-state index is 0.0514. The van der Waals surface area contributed by atoms with Crippen LogP contribution in [0.15, 0.2) is 58.8 Å². The SMILES string of the molecule is C=CC[C@@](CO)(CCc1ccc(Sc2cc(C(F)(F)F)ccc2O)cc1Cl)NC(=O)OC(C)(C)C. The van der Waals surface area contributed by atoms with E-state index in [-0.39, 0.29) is 17.3 Å². The summed E-state index contributed by atoms with van der Waals surface area (Å²) in [6, 6.07) is 7.70. The summed E-state index contributed by atoms with van der Waals surface area (Å²) in [6.45, 7) is 8.56. The van der Waals surface area contributed by atoms with Gasteiger partial charge in [0.15, 0.2) is 0 Å². The molecule has 0 heterocycles. The van der Waals surface area contributed by atoms with Crippen molar-refractivity contribution in [2.45, 2.75) is 67.1 Å². The lowest BCUT2D eigenvalue weighted by Gasteiger charge is -2.33. The number of halogens is 4. The summed E-state index contributed by atoms with van der Waals surface area (Å²) in [4.78, 5) is 12.9. The summed E-state index contributed by atoms with van der Waals surface area (Å²) in [5.74, 6) is -0.270. The maximum atomic E-state index is 13.0. The zero-order valence-corrected chi connectivity index (χ0v) is 21.3. The van der Waals surface area contributed by atoms with Crippen LogP contribution in [0.4, 0.5) is 18.0 Å². The van der Waals surface area contributed by atoms with Crippen LogP contribution in [-0.4, -0.2) is 34.1 Å². The first-order valence-corrected chi connectivity index (χ1v) is 12.0. The molecule has 0 fully saturated rings. The Labute approximate surface area is 212 Å². The number of hydrogen-bond donors (Lipinski definition) is 3. The molecule has 5 nitrogen and oxygen atoms in total. The zero-order valence-electron chi connectivity index (χ0n) is 19.7. The highest BCUT2D eigenvalue weighted by Gasteiger charge is 2.33. The molecule has 3 N–H and O–H groups in total. The van der Waals surface area contributed by atoms with Crippen molar-refractivity contribution in [1.82, 2.24) is 5.32 Å². The Morgan fingerprint density at radius 3 is 2.43 bits per heavy atom. The van der Waals surface area contributed by atoms with E-state index < -0.39 is 29.0 Å². The molecular formula is C25H29ClF3NO4S. The summed E-state index contributed by atoms with van der Waals surface area (Å²) in [5.41, 5.74) is -1.85. The van der Waals surface area contributed by atoms with Crippen LogP contribution in [-0.2, 0) is 17.3 Å². The normalized spacial score (nSPS) is 13.7. The van der Waals surface area contributed by atoms with Crippen molar-refractivity contribution in [3.05, 3.63) is 65.2 Å². The molecular weight excluding hydrogens is 503 g/mol. The maximum absolute atomic E-state index is 13.0. The van der Waals surface area contributed by atoms with Crippen LogP contribution < -0.4 is 5.32 Å². The molecule has 0 aliphatic heterocycles. The Hall–Kier alpha value is -2.36. The number of alkyl carbamates (subject to hydrolysis) is 1. The van der Waals surface area contributed by atoms with E-state index in [0.29, 0.717) is 29.2 Å². The van der Waals surface area contributed by atoms with Crippen LogP contribution in [0, 0.1) is 0 Å². The third-order valence-electron chi connectivity index (χ3n) is 5.02. The van der Waals surface area contributed by atoms with Crippen LogP contribution in [0.25, 0.3) is 0 Å². The van der Waals surface area contributed by atoms with Gasteiger partial charge in [-0.25, -0.2) is 4.79 Å². The molecule has 0 aromatic heterocycles. The van der Waals surface area contributed by atoms with Gasteiger partial charge in [0.2, 0.25) is 0 Å². The lowest BCUT2D eigenvalue weighted by atomic mass is 9.88. The number of aromatic hydroxyl groups is 1. The average Bonchev–Trinajstić information content (AvgIpc) is 2.72. The van der Waals surface area contributed by atoms with E-state index in [1.807, 2.05) is 0 Å². The number of ether oxygens (including phenoxy) is 1. The van der Waals surface area contributed by atoms with E-state index in [1.54, 1.807) is 45.0 Å². The number of aliphatic hydroxyl groups excluding tert-OH is 1. The van der Waals surface area contributed by atoms with E-state index in [2.05, 4.69) is 11.9 Å². The van der Waals surface area contributed by atoms with Crippen molar-refractivity contribution >= 4 is 29.5 Å². The third kappa shape index (κ3) is 8.66.